The van der Waals surface area contributed by atoms with Crippen LogP contribution in [0.1, 0.15) is 6.42 Å². The van der Waals surface area contributed by atoms with E-state index >= 15 is 0 Å². The minimum absolute atomic E-state index is 0.124. The molecule has 0 atom stereocenters. The number of sulfonamides is 1. The Morgan fingerprint density at radius 1 is 1.24 bits per heavy atom. The van der Waals surface area contributed by atoms with Gasteiger partial charge in [-0.25, -0.2) is 17.6 Å². The first-order valence-corrected chi connectivity index (χ1v) is 8.14. The predicted molar refractivity (Wildman–Crippen MR) is 75.9 cm³/mol. The fourth-order valence-electron chi connectivity index (χ4n) is 2.18. The molecule has 1 aromatic carbocycles. The largest absolute Gasteiger partial charge is 0.351 e. The summed E-state index contributed by atoms with van der Waals surface area (Å²) in [6.07, 6.45) is 0.473. The number of hydrogen-bond acceptors (Lipinski definition) is 3. The Labute approximate surface area is 127 Å². The van der Waals surface area contributed by atoms with Gasteiger partial charge >= 0.3 is 6.03 Å². The number of nitrogens with two attached hydrogens (primary N) is 1. The van der Waals surface area contributed by atoms with Crippen LogP contribution in [-0.2, 0) is 10.0 Å². The Hall–Kier alpha value is -1.38. The van der Waals surface area contributed by atoms with Crippen LogP contribution in [0.2, 0.25) is 5.02 Å². The molecule has 0 spiro atoms. The molecule has 0 radical (unpaired) electrons. The number of rotatable bonds is 2. The molecule has 2 amide bonds. The van der Waals surface area contributed by atoms with Gasteiger partial charge in [0.15, 0.2) is 0 Å². The average Bonchev–Trinajstić information content (AvgIpc) is 2.64. The lowest BCUT2D eigenvalue weighted by atomic mass is 10.3. The number of halogens is 2. The minimum Gasteiger partial charge on any atom is -0.351 e. The fourth-order valence-corrected chi connectivity index (χ4v) is 4.15. The van der Waals surface area contributed by atoms with Crippen LogP contribution in [0.15, 0.2) is 23.1 Å². The lowest BCUT2D eigenvalue weighted by molar-refractivity contribution is 0.210. The van der Waals surface area contributed by atoms with E-state index in [-0.39, 0.29) is 29.6 Å². The molecule has 1 fully saturated rings. The highest BCUT2D eigenvalue weighted by molar-refractivity contribution is 7.89. The maximum absolute atomic E-state index is 13.0. The third-order valence-electron chi connectivity index (χ3n) is 3.28. The third kappa shape index (κ3) is 3.45. The number of amides is 2. The maximum atomic E-state index is 13.0. The lowest BCUT2D eigenvalue weighted by Gasteiger charge is -2.21. The van der Waals surface area contributed by atoms with E-state index in [2.05, 4.69) is 0 Å². The van der Waals surface area contributed by atoms with Crippen molar-refractivity contribution in [3.8, 4) is 0 Å². The van der Waals surface area contributed by atoms with Crippen LogP contribution < -0.4 is 5.73 Å². The summed E-state index contributed by atoms with van der Waals surface area (Å²) in [4.78, 5) is 12.4. The molecule has 6 nitrogen and oxygen atoms in total. The van der Waals surface area contributed by atoms with Gasteiger partial charge in [-0.3, -0.25) is 0 Å². The van der Waals surface area contributed by atoms with Crippen LogP contribution in [-0.4, -0.2) is 49.8 Å². The fraction of sp³-hybridized carbons (Fsp3) is 0.417. The molecule has 1 aliphatic heterocycles. The molecule has 0 unspecified atom stereocenters. The van der Waals surface area contributed by atoms with Crippen molar-refractivity contribution >= 4 is 27.7 Å². The van der Waals surface area contributed by atoms with E-state index in [1.807, 2.05) is 0 Å². The molecule has 21 heavy (non-hydrogen) atoms. The van der Waals surface area contributed by atoms with Crippen molar-refractivity contribution in [1.29, 1.82) is 0 Å². The smallest absolute Gasteiger partial charge is 0.314 e. The van der Waals surface area contributed by atoms with E-state index in [1.165, 1.54) is 9.21 Å². The lowest BCUT2D eigenvalue weighted by Crippen LogP contribution is -2.39. The van der Waals surface area contributed by atoms with Gasteiger partial charge in [0.25, 0.3) is 0 Å². The number of nitrogens with zero attached hydrogens (tertiary/aromatic N) is 2. The van der Waals surface area contributed by atoms with Crippen LogP contribution in [0, 0.1) is 5.82 Å². The Kier molecular flexibility index (Phi) is 4.70. The summed E-state index contributed by atoms with van der Waals surface area (Å²) in [5.41, 5.74) is 5.20. The van der Waals surface area contributed by atoms with E-state index in [4.69, 9.17) is 17.3 Å². The Morgan fingerprint density at radius 2 is 1.95 bits per heavy atom. The second-order valence-electron chi connectivity index (χ2n) is 4.66. The molecule has 2 N–H and O–H groups in total. The highest BCUT2D eigenvalue weighted by atomic mass is 35.5. The zero-order chi connectivity index (χ0) is 15.6. The summed E-state index contributed by atoms with van der Waals surface area (Å²) in [5.74, 6) is -0.602. The van der Waals surface area contributed by atoms with Crippen molar-refractivity contribution in [2.45, 2.75) is 11.3 Å². The molecule has 1 aromatic rings. The quantitative estimate of drug-likeness (QED) is 0.883. The molecule has 0 aromatic heterocycles. The van der Waals surface area contributed by atoms with Gasteiger partial charge in [0.05, 0.1) is 5.02 Å². The highest BCUT2D eigenvalue weighted by Gasteiger charge is 2.29. The molecule has 0 aliphatic carbocycles. The van der Waals surface area contributed by atoms with Crippen molar-refractivity contribution in [2.75, 3.05) is 26.2 Å². The van der Waals surface area contributed by atoms with E-state index in [0.29, 0.717) is 13.0 Å². The Morgan fingerprint density at radius 3 is 2.57 bits per heavy atom. The second kappa shape index (κ2) is 6.17. The molecule has 116 valence electrons. The van der Waals surface area contributed by atoms with Crippen molar-refractivity contribution in [1.82, 2.24) is 9.21 Å². The first-order valence-electron chi connectivity index (χ1n) is 6.32. The average molecular weight is 336 g/mol. The number of urea groups is 1. The van der Waals surface area contributed by atoms with Gasteiger partial charge in [-0.2, -0.15) is 4.31 Å². The van der Waals surface area contributed by atoms with Crippen LogP contribution in [0.4, 0.5) is 9.18 Å². The molecule has 2 rings (SSSR count). The molecular formula is C12H15ClFN3O3S. The third-order valence-corrected chi connectivity index (χ3v) is 5.66. The van der Waals surface area contributed by atoms with E-state index in [9.17, 15) is 17.6 Å². The molecular weight excluding hydrogens is 321 g/mol. The van der Waals surface area contributed by atoms with Gasteiger partial charge in [0.2, 0.25) is 10.0 Å². The first kappa shape index (κ1) is 16.0. The number of benzene rings is 1. The van der Waals surface area contributed by atoms with Crippen molar-refractivity contribution in [3.05, 3.63) is 29.0 Å². The molecule has 1 heterocycles. The number of hydrogen-bond donors (Lipinski definition) is 1. The maximum Gasteiger partial charge on any atom is 0.314 e. The summed E-state index contributed by atoms with van der Waals surface area (Å²) >= 11 is 5.82. The number of carbonyl (C=O) groups excluding carboxylic acids is 1. The topological polar surface area (TPSA) is 83.7 Å². The monoisotopic (exact) mass is 335 g/mol. The second-order valence-corrected chi connectivity index (χ2v) is 6.97. The number of primary amides is 1. The summed E-state index contributed by atoms with van der Waals surface area (Å²) in [5, 5.41) is -0.161. The zero-order valence-electron chi connectivity index (χ0n) is 11.1. The Balaban J connectivity index is 2.25. The standard InChI is InChI=1S/C12H15ClFN3O3S/c13-10-8-9(14)2-3-11(10)21(19,20)17-5-1-4-16(6-7-17)12(15)18/h2-3,8H,1,4-7H2,(H2,15,18). The normalized spacial score (nSPS) is 17.5. The summed E-state index contributed by atoms with van der Waals surface area (Å²) in [7, 11) is -3.83. The number of carbonyl (C=O) groups is 1. The SMILES string of the molecule is NC(=O)N1CCCN(S(=O)(=O)c2ccc(F)cc2Cl)CC1. The van der Waals surface area contributed by atoms with Crippen LogP contribution in [0.3, 0.4) is 0 Å². The molecule has 1 saturated heterocycles. The summed E-state index contributed by atoms with van der Waals surface area (Å²) in [6, 6.07) is 2.58. The first-order chi connectivity index (χ1) is 9.82. The van der Waals surface area contributed by atoms with Gasteiger partial charge in [0, 0.05) is 26.2 Å². The van der Waals surface area contributed by atoms with Crippen molar-refractivity contribution in [2.24, 2.45) is 5.73 Å². The van der Waals surface area contributed by atoms with Crippen LogP contribution >= 0.6 is 11.6 Å². The molecule has 1 aliphatic rings. The van der Waals surface area contributed by atoms with Gasteiger partial charge in [0.1, 0.15) is 10.7 Å². The van der Waals surface area contributed by atoms with Crippen molar-refractivity contribution in [3.63, 3.8) is 0 Å². The van der Waals surface area contributed by atoms with Gasteiger partial charge in [-0.1, -0.05) is 11.6 Å². The van der Waals surface area contributed by atoms with E-state index in [0.717, 1.165) is 18.2 Å². The predicted octanol–water partition coefficient (Wildman–Crippen LogP) is 1.25. The molecule has 0 bridgehead atoms. The summed E-state index contributed by atoms with van der Waals surface area (Å²) in [6.45, 7) is 0.991. The highest BCUT2D eigenvalue weighted by Crippen LogP contribution is 2.26. The van der Waals surface area contributed by atoms with E-state index in [1.54, 1.807) is 0 Å². The van der Waals surface area contributed by atoms with Crippen LogP contribution in [0.25, 0.3) is 0 Å². The minimum atomic E-state index is -3.83. The van der Waals surface area contributed by atoms with E-state index < -0.39 is 21.9 Å². The van der Waals surface area contributed by atoms with Gasteiger partial charge < -0.3 is 10.6 Å². The molecule has 0 saturated carbocycles. The van der Waals surface area contributed by atoms with Crippen molar-refractivity contribution < 1.29 is 17.6 Å². The van der Waals surface area contributed by atoms with Gasteiger partial charge in [-0.15, -0.1) is 0 Å². The Bertz CT molecular complexity index is 653. The molecule has 9 heteroatoms. The zero-order valence-corrected chi connectivity index (χ0v) is 12.7. The summed E-state index contributed by atoms with van der Waals surface area (Å²) < 4.78 is 39.3. The van der Waals surface area contributed by atoms with Gasteiger partial charge in [-0.05, 0) is 24.6 Å². The van der Waals surface area contributed by atoms with Crippen LogP contribution in [0.5, 0.6) is 0 Å².